The van der Waals surface area contributed by atoms with E-state index in [-0.39, 0.29) is 19.0 Å². The maximum Gasteiger partial charge on any atom is 0.351 e. The molecule has 0 radical (unpaired) electrons. The highest BCUT2D eigenvalue weighted by Crippen LogP contribution is 2.31. The van der Waals surface area contributed by atoms with Gasteiger partial charge in [0, 0.05) is 11.1 Å². The molecule has 0 amide bonds. The number of carbonyl (C=O) groups is 2. The first kappa shape index (κ1) is 17.8. The number of ketones is 1. The molecular weight excluding hydrogens is 336 g/mol. The number of rotatable bonds is 6. The molecule has 0 aromatic heterocycles. The summed E-state index contributed by atoms with van der Waals surface area (Å²) in [5.74, 6) is 1.09. The van der Waals surface area contributed by atoms with Crippen molar-refractivity contribution >= 4 is 11.8 Å². The summed E-state index contributed by atoms with van der Waals surface area (Å²) in [5.41, 5.74) is 1.16. The standard InChI is InChI=1S/C20H20O6/c1-3-23-16-9-8-14(13(2)21)10-15(16)11-25-20(22)19-12-24-17-6-4-5-7-18(17)26-19/h4-10,19H,3,11-12H2,1-2H3. The van der Waals surface area contributed by atoms with Crippen molar-refractivity contribution in [3.8, 4) is 17.2 Å². The van der Waals surface area contributed by atoms with Gasteiger partial charge in [0.05, 0.1) is 6.61 Å². The van der Waals surface area contributed by atoms with E-state index >= 15 is 0 Å². The average Bonchev–Trinajstić information content (AvgIpc) is 2.66. The van der Waals surface area contributed by atoms with Gasteiger partial charge in [-0.3, -0.25) is 4.79 Å². The molecule has 0 bridgehead atoms. The number of para-hydroxylation sites is 2. The van der Waals surface area contributed by atoms with E-state index in [1.54, 1.807) is 36.4 Å². The number of fused-ring (bicyclic) bond motifs is 1. The average molecular weight is 356 g/mol. The van der Waals surface area contributed by atoms with Crippen molar-refractivity contribution in [1.82, 2.24) is 0 Å². The van der Waals surface area contributed by atoms with E-state index < -0.39 is 12.1 Å². The molecule has 0 fully saturated rings. The maximum absolute atomic E-state index is 12.3. The third kappa shape index (κ3) is 3.96. The second-order valence-corrected chi connectivity index (χ2v) is 5.78. The number of carbonyl (C=O) groups excluding carboxylic acids is 2. The quantitative estimate of drug-likeness (QED) is 0.585. The van der Waals surface area contributed by atoms with Crippen molar-refractivity contribution in [3.63, 3.8) is 0 Å². The Bertz CT molecular complexity index is 814. The van der Waals surface area contributed by atoms with Crippen LogP contribution in [-0.4, -0.2) is 31.1 Å². The van der Waals surface area contributed by atoms with Crippen LogP contribution in [-0.2, 0) is 16.1 Å². The zero-order valence-corrected chi connectivity index (χ0v) is 14.7. The largest absolute Gasteiger partial charge is 0.493 e. The lowest BCUT2D eigenvalue weighted by atomic mass is 10.1. The Labute approximate surface area is 151 Å². The van der Waals surface area contributed by atoms with Crippen molar-refractivity contribution < 1.29 is 28.5 Å². The summed E-state index contributed by atoms with van der Waals surface area (Å²) in [4.78, 5) is 23.9. The van der Waals surface area contributed by atoms with Gasteiger partial charge in [-0.25, -0.2) is 4.79 Å². The third-order valence-electron chi connectivity index (χ3n) is 3.91. The Morgan fingerprint density at radius 2 is 1.92 bits per heavy atom. The van der Waals surface area contributed by atoms with E-state index in [4.69, 9.17) is 18.9 Å². The first-order valence-electron chi connectivity index (χ1n) is 8.40. The van der Waals surface area contributed by atoms with E-state index in [2.05, 4.69) is 0 Å². The lowest BCUT2D eigenvalue weighted by Crippen LogP contribution is -2.37. The minimum absolute atomic E-state index is 0.0171. The molecule has 1 aliphatic heterocycles. The Morgan fingerprint density at radius 1 is 1.15 bits per heavy atom. The van der Waals surface area contributed by atoms with E-state index in [0.29, 0.717) is 35.0 Å². The van der Waals surface area contributed by atoms with Crippen molar-refractivity contribution in [3.05, 3.63) is 53.6 Å². The summed E-state index contributed by atoms with van der Waals surface area (Å²) >= 11 is 0. The van der Waals surface area contributed by atoms with Crippen LogP contribution in [0, 0.1) is 0 Å². The second-order valence-electron chi connectivity index (χ2n) is 5.78. The Hall–Kier alpha value is -3.02. The molecule has 0 spiro atoms. The molecule has 0 N–H and O–H groups in total. The molecule has 136 valence electrons. The minimum atomic E-state index is -0.837. The van der Waals surface area contributed by atoms with Crippen molar-refractivity contribution in [2.24, 2.45) is 0 Å². The fourth-order valence-electron chi connectivity index (χ4n) is 2.59. The van der Waals surface area contributed by atoms with Crippen LogP contribution in [0.1, 0.15) is 29.8 Å². The van der Waals surface area contributed by atoms with E-state index in [1.165, 1.54) is 6.92 Å². The zero-order valence-electron chi connectivity index (χ0n) is 14.7. The van der Waals surface area contributed by atoms with Crippen LogP contribution in [0.3, 0.4) is 0 Å². The van der Waals surface area contributed by atoms with Gasteiger partial charge in [-0.05, 0) is 44.2 Å². The topological polar surface area (TPSA) is 71.1 Å². The van der Waals surface area contributed by atoms with Gasteiger partial charge in [0.25, 0.3) is 0 Å². The predicted octanol–water partition coefficient (Wildman–Crippen LogP) is 3.17. The SMILES string of the molecule is CCOc1ccc(C(C)=O)cc1COC(=O)C1COc2ccccc2O1. The second kappa shape index (κ2) is 7.91. The zero-order chi connectivity index (χ0) is 18.5. The molecule has 1 heterocycles. The normalized spacial score (nSPS) is 15.2. The van der Waals surface area contributed by atoms with Gasteiger partial charge in [0.2, 0.25) is 6.10 Å². The molecular formula is C20H20O6. The molecule has 0 saturated carbocycles. The summed E-state index contributed by atoms with van der Waals surface area (Å²) in [6.07, 6.45) is -0.837. The Balaban J connectivity index is 1.68. The van der Waals surface area contributed by atoms with Crippen LogP contribution < -0.4 is 14.2 Å². The Kier molecular flexibility index (Phi) is 5.41. The summed E-state index contributed by atoms with van der Waals surface area (Å²) in [6.45, 7) is 3.88. The summed E-state index contributed by atoms with van der Waals surface area (Å²) < 4.78 is 22.1. The van der Waals surface area contributed by atoms with Crippen molar-refractivity contribution in [1.29, 1.82) is 0 Å². The lowest BCUT2D eigenvalue weighted by molar-refractivity contribution is -0.155. The van der Waals surface area contributed by atoms with Crippen LogP contribution in [0.2, 0.25) is 0 Å². The number of hydrogen-bond donors (Lipinski definition) is 0. The highest BCUT2D eigenvalue weighted by atomic mass is 16.6. The summed E-state index contributed by atoms with van der Waals surface area (Å²) in [5, 5.41) is 0. The van der Waals surface area contributed by atoms with E-state index in [0.717, 1.165) is 0 Å². The van der Waals surface area contributed by atoms with Gasteiger partial charge in [-0.15, -0.1) is 0 Å². The highest BCUT2D eigenvalue weighted by Gasteiger charge is 2.28. The monoisotopic (exact) mass is 356 g/mol. The molecule has 1 atom stereocenters. The number of Topliss-reactive ketones (excluding diaryl/α,β-unsaturated/α-hetero) is 1. The molecule has 1 unspecified atom stereocenters. The molecule has 2 aromatic rings. The first-order valence-corrected chi connectivity index (χ1v) is 8.40. The smallest absolute Gasteiger partial charge is 0.351 e. The number of ether oxygens (including phenoxy) is 4. The molecule has 3 rings (SSSR count). The van der Waals surface area contributed by atoms with Gasteiger partial charge in [0.1, 0.15) is 19.0 Å². The van der Waals surface area contributed by atoms with Crippen molar-refractivity contribution in [2.45, 2.75) is 26.6 Å². The van der Waals surface area contributed by atoms with Crippen LogP contribution in [0.4, 0.5) is 0 Å². The highest BCUT2D eigenvalue weighted by molar-refractivity contribution is 5.94. The predicted molar refractivity (Wildman–Crippen MR) is 93.8 cm³/mol. The summed E-state index contributed by atoms with van der Waals surface area (Å²) in [7, 11) is 0. The minimum Gasteiger partial charge on any atom is -0.493 e. The maximum atomic E-state index is 12.3. The van der Waals surface area contributed by atoms with Gasteiger partial charge in [-0.1, -0.05) is 12.1 Å². The molecule has 0 saturated heterocycles. The van der Waals surface area contributed by atoms with E-state index in [1.807, 2.05) is 13.0 Å². The fourth-order valence-corrected chi connectivity index (χ4v) is 2.59. The van der Waals surface area contributed by atoms with Gasteiger partial charge >= 0.3 is 5.97 Å². The van der Waals surface area contributed by atoms with Gasteiger partial charge < -0.3 is 18.9 Å². The first-order chi connectivity index (χ1) is 12.6. The molecule has 2 aromatic carbocycles. The Morgan fingerprint density at radius 3 is 2.65 bits per heavy atom. The van der Waals surface area contributed by atoms with Crippen LogP contribution >= 0.6 is 0 Å². The van der Waals surface area contributed by atoms with Gasteiger partial charge in [-0.2, -0.15) is 0 Å². The van der Waals surface area contributed by atoms with Gasteiger partial charge in [0.15, 0.2) is 17.3 Å². The van der Waals surface area contributed by atoms with Crippen LogP contribution in [0.15, 0.2) is 42.5 Å². The molecule has 6 heteroatoms. The molecule has 6 nitrogen and oxygen atoms in total. The molecule has 1 aliphatic rings. The fraction of sp³-hybridized carbons (Fsp3) is 0.300. The van der Waals surface area contributed by atoms with Crippen molar-refractivity contribution in [2.75, 3.05) is 13.2 Å². The lowest BCUT2D eigenvalue weighted by Gasteiger charge is -2.25. The van der Waals surface area contributed by atoms with Crippen LogP contribution in [0.25, 0.3) is 0 Å². The third-order valence-corrected chi connectivity index (χ3v) is 3.91. The number of benzene rings is 2. The number of esters is 1. The molecule has 26 heavy (non-hydrogen) atoms. The molecule has 0 aliphatic carbocycles. The number of hydrogen-bond acceptors (Lipinski definition) is 6. The summed E-state index contributed by atoms with van der Waals surface area (Å²) in [6, 6.07) is 12.2. The van der Waals surface area contributed by atoms with Crippen LogP contribution in [0.5, 0.6) is 17.2 Å². The van der Waals surface area contributed by atoms with E-state index in [9.17, 15) is 9.59 Å².